The maximum atomic E-state index is 12.9. The third kappa shape index (κ3) is 5.97. The van der Waals surface area contributed by atoms with Gasteiger partial charge in [-0.2, -0.15) is 0 Å². The number of likely N-dealkylation sites (N-methyl/N-ethyl adjacent to an activating group) is 1. The molecule has 0 radical (unpaired) electrons. The van der Waals surface area contributed by atoms with E-state index in [1.807, 2.05) is 54.6 Å². The van der Waals surface area contributed by atoms with Crippen LogP contribution >= 0.6 is 0 Å². The number of aliphatic hydroxyl groups is 1. The van der Waals surface area contributed by atoms with Gasteiger partial charge in [-0.1, -0.05) is 97.9 Å². The second-order valence-corrected chi connectivity index (χ2v) is 11.8. The highest BCUT2D eigenvalue weighted by molar-refractivity contribution is 6.21. The van der Waals surface area contributed by atoms with Crippen LogP contribution < -0.4 is 0 Å². The molecule has 2 amide bonds. The van der Waals surface area contributed by atoms with Gasteiger partial charge >= 0.3 is 0 Å². The lowest BCUT2D eigenvalue weighted by molar-refractivity contribution is -0.276. The number of benzene rings is 4. The lowest BCUT2D eigenvalue weighted by Gasteiger charge is -2.43. The molecule has 7 heteroatoms. The molecule has 2 aliphatic rings. The van der Waals surface area contributed by atoms with Crippen molar-refractivity contribution >= 4 is 11.8 Å². The molecule has 2 heterocycles. The van der Waals surface area contributed by atoms with E-state index in [0.29, 0.717) is 17.7 Å². The normalized spacial score (nSPS) is 22.3. The predicted octanol–water partition coefficient (Wildman–Crippen LogP) is 6.46. The van der Waals surface area contributed by atoms with Gasteiger partial charge in [-0.05, 0) is 48.4 Å². The third-order valence-corrected chi connectivity index (χ3v) is 9.01. The van der Waals surface area contributed by atoms with Crippen molar-refractivity contribution in [3.05, 3.63) is 142 Å². The minimum absolute atomic E-state index is 0.00898. The van der Waals surface area contributed by atoms with E-state index in [1.165, 1.54) is 10.5 Å². The van der Waals surface area contributed by atoms with E-state index < -0.39 is 6.29 Å². The topological polar surface area (TPSA) is 79.3 Å². The smallest absolute Gasteiger partial charge is 0.261 e. The first-order chi connectivity index (χ1) is 21.3. The Kier molecular flexibility index (Phi) is 8.73. The molecule has 1 N–H and O–H groups in total. The van der Waals surface area contributed by atoms with Gasteiger partial charge in [-0.3, -0.25) is 19.4 Å². The highest BCUT2D eigenvalue weighted by atomic mass is 16.7. The Bertz CT molecular complexity index is 1570. The first kappa shape index (κ1) is 29.9. The summed E-state index contributed by atoms with van der Waals surface area (Å²) in [5, 5.41) is 9.56. The highest BCUT2D eigenvalue weighted by Crippen LogP contribution is 2.42. The summed E-state index contributed by atoms with van der Waals surface area (Å²) in [7, 11) is 2.12. The molecule has 4 aromatic rings. The van der Waals surface area contributed by atoms with Gasteiger partial charge in [0.1, 0.15) is 0 Å². The van der Waals surface area contributed by atoms with Gasteiger partial charge in [0, 0.05) is 24.1 Å². The molecule has 5 atom stereocenters. The quantitative estimate of drug-likeness (QED) is 0.226. The lowest BCUT2D eigenvalue weighted by Crippen LogP contribution is -2.44. The van der Waals surface area contributed by atoms with Crippen molar-refractivity contribution < 1.29 is 24.2 Å². The van der Waals surface area contributed by atoms with Crippen LogP contribution in [0.1, 0.15) is 80.8 Å². The summed E-state index contributed by atoms with van der Waals surface area (Å²) in [5.41, 5.74) is 5.74. The predicted molar refractivity (Wildman–Crippen MR) is 168 cm³/mol. The summed E-state index contributed by atoms with van der Waals surface area (Å²) in [6.45, 7) is 5.26. The van der Waals surface area contributed by atoms with Crippen LogP contribution in [0.25, 0.3) is 0 Å². The second kappa shape index (κ2) is 12.8. The van der Waals surface area contributed by atoms with Gasteiger partial charge in [0.05, 0.1) is 36.5 Å². The van der Waals surface area contributed by atoms with Crippen LogP contribution in [0.2, 0.25) is 0 Å². The van der Waals surface area contributed by atoms with Crippen LogP contribution in [0, 0.1) is 5.92 Å². The summed E-state index contributed by atoms with van der Waals surface area (Å²) in [5.74, 6) is -0.478. The van der Waals surface area contributed by atoms with Gasteiger partial charge in [0.25, 0.3) is 11.8 Å². The molecule has 0 bridgehead atoms. The van der Waals surface area contributed by atoms with Crippen molar-refractivity contribution in [3.8, 4) is 0 Å². The summed E-state index contributed by atoms with van der Waals surface area (Å²) in [6, 6.07) is 33.2. The number of fused-ring (bicyclic) bond motifs is 1. The van der Waals surface area contributed by atoms with Crippen molar-refractivity contribution in [1.82, 2.24) is 9.80 Å². The van der Waals surface area contributed by atoms with E-state index in [9.17, 15) is 14.7 Å². The highest BCUT2D eigenvalue weighted by Gasteiger charge is 2.39. The molecule has 2 aliphatic heterocycles. The molecule has 0 unspecified atom stereocenters. The first-order valence-corrected chi connectivity index (χ1v) is 15.1. The third-order valence-electron chi connectivity index (χ3n) is 9.01. The first-order valence-electron chi connectivity index (χ1n) is 15.1. The lowest BCUT2D eigenvalue weighted by atomic mass is 9.89. The van der Waals surface area contributed by atoms with Gasteiger partial charge in [-0.25, -0.2) is 0 Å². The van der Waals surface area contributed by atoms with E-state index in [1.54, 1.807) is 24.3 Å². The number of aliphatic hydroxyl groups excluding tert-OH is 1. The van der Waals surface area contributed by atoms with Gasteiger partial charge in [0.2, 0.25) is 0 Å². The Hall–Kier alpha value is -4.14. The number of carbonyl (C=O) groups excluding carboxylic acids is 2. The van der Waals surface area contributed by atoms with Gasteiger partial charge < -0.3 is 14.6 Å². The number of ether oxygens (including phenoxy) is 2. The molecule has 7 nitrogen and oxygen atoms in total. The summed E-state index contributed by atoms with van der Waals surface area (Å²) < 4.78 is 13.3. The van der Waals surface area contributed by atoms with E-state index >= 15 is 0 Å². The summed E-state index contributed by atoms with van der Waals surface area (Å²) in [6.07, 6.45) is -0.942. The molecular formula is C37H38N2O5. The minimum atomic E-state index is -0.604. The molecule has 226 valence electrons. The number of imide groups is 1. The monoisotopic (exact) mass is 590 g/mol. The van der Waals surface area contributed by atoms with Crippen LogP contribution in [0.4, 0.5) is 0 Å². The maximum absolute atomic E-state index is 12.9. The molecule has 0 aliphatic carbocycles. The van der Waals surface area contributed by atoms with Gasteiger partial charge in [-0.15, -0.1) is 0 Å². The van der Waals surface area contributed by atoms with E-state index in [0.717, 1.165) is 22.3 Å². The van der Waals surface area contributed by atoms with Crippen molar-refractivity contribution in [3.63, 3.8) is 0 Å². The van der Waals surface area contributed by atoms with Crippen LogP contribution in [0.15, 0.2) is 103 Å². The van der Waals surface area contributed by atoms with Crippen LogP contribution in [0.5, 0.6) is 0 Å². The zero-order valence-electron chi connectivity index (χ0n) is 25.3. The fourth-order valence-corrected chi connectivity index (χ4v) is 6.10. The molecule has 4 aromatic carbocycles. The Labute approximate surface area is 258 Å². The fourth-order valence-electron chi connectivity index (χ4n) is 6.10. The average molecular weight is 591 g/mol. The number of rotatable bonds is 9. The van der Waals surface area contributed by atoms with Crippen LogP contribution in [0.3, 0.4) is 0 Å². The zero-order chi connectivity index (χ0) is 30.8. The Morgan fingerprint density at radius 3 is 1.95 bits per heavy atom. The molecule has 1 saturated heterocycles. The summed E-state index contributed by atoms with van der Waals surface area (Å²) >= 11 is 0. The molecule has 0 saturated carbocycles. The Morgan fingerprint density at radius 2 is 1.34 bits per heavy atom. The number of nitrogens with zero attached hydrogens (tertiary/aromatic N) is 2. The molecule has 0 spiro atoms. The second-order valence-electron chi connectivity index (χ2n) is 11.8. The number of carbonyl (C=O) groups is 2. The minimum Gasteiger partial charge on any atom is -0.392 e. The molecule has 44 heavy (non-hydrogen) atoms. The number of hydrogen-bond donors (Lipinski definition) is 1. The number of hydrogen-bond acceptors (Lipinski definition) is 6. The largest absolute Gasteiger partial charge is 0.392 e. The van der Waals surface area contributed by atoms with E-state index in [2.05, 4.69) is 50.1 Å². The van der Waals surface area contributed by atoms with Gasteiger partial charge in [0.15, 0.2) is 6.29 Å². The molecule has 6 rings (SSSR count). The Balaban J connectivity index is 1.22. The molecular weight excluding hydrogens is 552 g/mol. The van der Waals surface area contributed by atoms with Crippen LogP contribution in [-0.2, 0) is 22.6 Å². The maximum Gasteiger partial charge on any atom is 0.261 e. The number of amides is 2. The van der Waals surface area contributed by atoms with Crippen molar-refractivity contribution in [2.75, 3.05) is 13.6 Å². The van der Waals surface area contributed by atoms with Crippen molar-refractivity contribution in [2.24, 2.45) is 5.92 Å². The van der Waals surface area contributed by atoms with Crippen molar-refractivity contribution in [2.45, 2.75) is 51.5 Å². The standard InChI is InChI=1S/C37H38N2O5/c1-24-33(22-38(3)25(2)28-9-5-4-6-10-28)43-37(44-34(24)29-17-15-27(23-40)16-18-29)30-19-13-26(14-20-30)21-39-35(41)31-11-7-8-12-32(31)36(39)42/h4-20,24-25,33-34,37,40H,21-23H2,1-3H3/t24-,25+,33+,34+,37+/m1/s1. The fraction of sp³-hybridized carbons (Fsp3) is 0.297. The van der Waals surface area contributed by atoms with E-state index in [4.69, 9.17) is 9.47 Å². The van der Waals surface area contributed by atoms with Crippen molar-refractivity contribution in [1.29, 1.82) is 0 Å². The molecule has 1 fully saturated rings. The Morgan fingerprint density at radius 1 is 0.773 bits per heavy atom. The van der Waals surface area contributed by atoms with E-state index in [-0.39, 0.29) is 49.1 Å². The van der Waals surface area contributed by atoms with Crippen LogP contribution in [-0.4, -0.2) is 46.4 Å². The SMILES string of the molecule is C[C@@H]1[C@H](CN(C)[C@@H](C)c2ccccc2)O[C@H](c2ccc(CN3C(=O)c4ccccc4C3=O)cc2)O[C@@H]1c1ccc(CO)cc1. The summed E-state index contributed by atoms with van der Waals surface area (Å²) in [4.78, 5) is 29.4. The molecule has 0 aromatic heterocycles. The zero-order valence-corrected chi connectivity index (χ0v) is 25.3. The average Bonchev–Trinajstić information content (AvgIpc) is 3.31.